The van der Waals surface area contributed by atoms with E-state index >= 15 is 0 Å². The Balaban J connectivity index is 2.09. The van der Waals surface area contributed by atoms with Gasteiger partial charge in [0.2, 0.25) is 5.91 Å². The van der Waals surface area contributed by atoms with E-state index in [1.165, 1.54) is 6.07 Å². The van der Waals surface area contributed by atoms with Gasteiger partial charge in [-0.1, -0.05) is 12.1 Å². The minimum Gasteiger partial charge on any atom is -0.348 e. The van der Waals surface area contributed by atoms with Crippen molar-refractivity contribution in [3.63, 3.8) is 0 Å². The highest BCUT2D eigenvalue weighted by molar-refractivity contribution is 5.86. The Morgan fingerprint density at radius 2 is 2.09 bits per heavy atom. The molecule has 1 fully saturated rings. The Bertz CT molecular complexity index is 536. The molecule has 2 atom stereocenters. The number of nitrogens with one attached hydrogen (secondary N) is 2. The van der Waals surface area contributed by atoms with Crippen molar-refractivity contribution in [1.82, 2.24) is 10.6 Å². The molecule has 2 unspecified atom stereocenters. The molecule has 0 spiro atoms. The number of carbonyl (C=O) groups is 1. The average molecular weight is 314 g/mol. The number of alkyl halides is 3. The van der Waals surface area contributed by atoms with Gasteiger partial charge in [-0.3, -0.25) is 4.79 Å². The third kappa shape index (κ3) is 3.80. The molecule has 2 N–H and O–H groups in total. The summed E-state index contributed by atoms with van der Waals surface area (Å²) >= 11 is 0. The molecular weight excluding hydrogens is 293 g/mol. The second-order valence-corrected chi connectivity index (χ2v) is 6.03. The smallest absolute Gasteiger partial charge is 0.348 e. The van der Waals surface area contributed by atoms with Crippen molar-refractivity contribution in [2.45, 2.75) is 50.9 Å². The summed E-state index contributed by atoms with van der Waals surface area (Å²) in [4.78, 5) is 12.4. The van der Waals surface area contributed by atoms with Crippen LogP contribution in [0.1, 0.15) is 50.3 Å². The second kappa shape index (κ2) is 6.28. The van der Waals surface area contributed by atoms with Gasteiger partial charge in [-0.25, -0.2) is 0 Å². The predicted molar refractivity (Wildman–Crippen MR) is 78.3 cm³/mol. The number of hydrogen-bond donors (Lipinski definition) is 2. The molecule has 1 saturated heterocycles. The van der Waals surface area contributed by atoms with Gasteiger partial charge in [-0.2, -0.15) is 13.2 Å². The molecule has 22 heavy (non-hydrogen) atoms. The molecule has 1 heterocycles. The van der Waals surface area contributed by atoms with Crippen molar-refractivity contribution >= 4 is 5.91 Å². The molecule has 122 valence electrons. The van der Waals surface area contributed by atoms with Crippen molar-refractivity contribution in [2.24, 2.45) is 0 Å². The molecule has 1 aliphatic heterocycles. The summed E-state index contributed by atoms with van der Waals surface area (Å²) in [6.45, 7) is 4.31. The fourth-order valence-corrected chi connectivity index (χ4v) is 2.67. The van der Waals surface area contributed by atoms with Gasteiger partial charge in [0.1, 0.15) is 0 Å². The van der Waals surface area contributed by atoms with E-state index in [-0.39, 0.29) is 5.91 Å². The van der Waals surface area contributed by atoms with Crippen molar-refractivity contribution in [3.8, 4) is 0 Å². The minimum absolute atomic E-state index is 0.169. The summed E-state index contributed by atoms with van der Waals surface area (Å²) in [7, 11) is 0. The Kier molecular flexibility index (Phi) is 4.80. The second-order valence-electron chi connectivity index (χ2n) is 6.03. The number of carbonyl (C=O) groups excluding carboxylic acids is 1. The van der Waals surface area contributed by atoms with Gasteiger partial charge in [0.05, 0.1) is 17.1 Å². The normalized spacial score (nSPS) is 23.9. The number of piperidine rings is 1. The highest BCUT2D eigenvalue weighted by Crippen LogP contribution is 2.31. The molecule has 1 aromatic rings. The molecular formula is C16H21F3N2O. The third-order valence-corrected chi connectivity index (χ3v) is 4.18. The summed E-state index contributed by atoms with van der Waals surface area (Å²) in [5.74, 6) is -0.169. The lowest BCUT2D eigenvalue weighted by molar-refractivity contribution is -0.137. The summed E-state index contributed by atoms with van der Waals surface area (Å²) < 4.78 is 38.2. The van der Waals surface area contributed by atoms with Crippen LogP contribution in [0.25, 0.3) is 0 Å². The molecule has 0 aromatic heterocycles. The standard InChI is InChI=1S/C16H21F3N2O/c1-11(12-6-5-7-13(10-12)16(17,18)19)21-14(22)15(2)8-3-4-9-20-15/h5-7,10-11,20H,3-4,8-9H2,1-2H3,(H,21,22). The Labute approximate surface area is 128 Å². The molecule has 0 bridgehead atoms. The average Bonchev–Trinajstić information content (AvgIpc) is 2.47. The summed E-state index contributed by atoms with van der Waals surface area (Å²) in [5.41, 5.74) is -0.899. The van der Waals surface area contributed by atoms with E-state index in [4.69, 9.17) is 0 Å². The third-order valence-electron chi connectivity index (χ3n) is 4.18. The zero-order valence-corrected chi connectivity index (χ0v) is 12.8. The van der Waals surface area contributed by atoms with E-state index in [0.29, 0.717) is 5.56 Å². The summed E-state index contributed by atoms with van der Waals surface area (Å²) in [6.07, 6.45) is -1.65. The van der Waals surface area contributed by atoms with Crippen molar-refractivity contribution in [2.75, 3.05) is 6.54 Å². The van der Waals surface area contributed by atoms with Crippen LogP contribution in [0.5, 0.6) is 0 Å². The zero-order chi connectivity index (χ0) is 16.4. The first-order valence-corrected chi connectivity index (χ1v) is 7.45. The van der Waals surface area contributed by atoms with E-state index < -0.39 is 23.3 Å². The van der Waals surface area contributed by atoms with Crippen LogP contribution in [0.4, 0.5) is 13.2 Å². The van der Waals surface area contributed by atoms with E-state index in [2.05, 4.69) is 10.6 Å². The highest BCUT2D eigenvalue weighted by atomic mass is 19.4. The van der Waals surface area contributed by atoms with Crippen LogP contribution < -0.4 is 10.6 Å². The largest absolute Gasteiger partial charge is 0.416 e. The van der Waals surface area contributed by atoms with Crippen molar-refractivity contribution in [1.29, 1.82) is 0 Å². The summed E-state index contributed by atoms with van der Waals surface area (Å²) in [5, 5.41) is 6.01. The molecule has 1 aromatic carbocycles. The molecule has 0 radical (unpaired) electrons. The molecule has 0 aliphatic carbocycles. The lowest BCUT2D eigenvalue weighted by Crippen LogP contribution is -2.57. The Morgan fingerprint density at radius 3 is 2.68 bits per heavy atom. The van der Waals surface area contributed by atoms with E-state index in [0.717, 1.165) is 37.9 Å². The molecule has 1 amide bonds. The van der Waals surface area contributed by atoms with Crippen LogP contribution in [-0.4, -0.2) is 18.0 Å². The van der Waals surface area contributed by atoms with Crippen LogP contribution in [0, 0.1) is 0 Å². The fraction of sp³-hybridized carbons (Fsp3) is 0.562. The monoisotopic (exact) mass is 314 g/mol. The quantitative estimate of drug-likeness (QED) is 0.897. The van der Waals surface area contributed by atoms with Gasteiger partial charge in [0.25, 0.3) is 0 Å². The lowest BCUT2D eigenvalue weighted by Gasteiger charge is -2.34. The van der Waals surface area contributed by atoms with Crippen LogP contribution in [0.15, 0.2) is 24.3 Å². The zero-order valence-electron chi connectivity index (χ0n) is 12.8. The van der Waals surface area contributed by atoms with Crippen LogP contribution >= 0.6 is 0 Å². The van der Waals surface area contributed by atoms with Gasteiger partial charge in [-0.05, 0) is 57.4 Å². The number of halogens is 3. The van der Waals surface area contributed by atoms with Gasteiger partial charge in [0.15, 0.2) is 0 Å². The SMILES string of the molecule is CC(NC(=O)C1(C)CCCCN1)c1cccc(C(F)(F)F)c1. The maximum Gasteiger partial charge on any atom is 0.416 e. The van der Waals surface area contributed by atoms with Gasteiger partial charge >= 0.3 is 6.18 Å². The summed E-state index contributed by atoms with van der Waals surface area (Å²) in [6, 6.07) is 4.59. The Morgan fingerprint density at radius 1 is 1.36 bits per heavy atom. The molecule has 3 nitrogen and oxygen atoms in total. The molecule has 0 saturated carbocycles. The van der Waals surface area contributed by atoms with Crippen molar-refractivity contribution < 1.29 is 18.0 Å². The van der Waals surface area contributed by atoms with Crippen molar-refractivity contribution in [3.05, 3.63) is 35.4 Å². The fourth-order valence-electron chi connectivity index (χ4n) is 2.67. The first-order chi connectivity index (χ1) is 10.2. The molecule has 2 rings (SSSR count). The van der Waals surface area contributed by atoms with Gasteiger partial charge < -0.3 is 10.6 Å². The number of amides is 1. The van der Waals surface area contributed by atoms with E-state index in [1.807, 2.05) is 6.92 Å². The topological polar surface area (TPSA) is 41.1 Å². The first kappa shape index (κ1) is 16.8. The number of rotatable bonds is 3. The highest BCUT2D eigenvalue weighted by Gasteiger charge is 2.35. The van der Waals surface area contributed by atoms with Crippen LogP contribution in [0.3, 0.4) is 0 Å². The van der Waals surface area contributed by atoms with Gasteiger partial charge in [-0.15, -0.1) is 0 Å². The predicted octanol–water partition coefficient (Wildman–Crippen LogP) is 3.41. The molecule has 1 aliphatic rings. The van der Waals surface area contributed by atoms with E-state index in [1.54, 1.807) is 13.0 Å². The number of benzene rings is 1. The first-order valence-electron chi connectivity index (χ1n) is 7.45. The molecule has 6 heteroatoms. The lowest BCUT2D eigenvalue weighted by atomic mass is 9.89. The maximum absolute atomic E-state index is 12.7. The number of hydrogen-bond acceptors (Lipinski definition) is 2. The van der Waals surface area contributed by atoms with Gasteiger partial charge in [0, 0.05) is 0 Å². The minimum atomic E-state index is -4.38. The Hall–Kier alpha value is -1.56. The maximum atomic E-state index is 12.7. The van der Waals surface area contributed by atoms with Crippen LogP contribution in [-0.2, 0) is 11.0 Å². The van der Waals surface area contributed by atoms with Crippen LogP contribution in [0.2, 0.25) is 0 Å². The van der Waals surface area contributed by atoms with E-state index in [9.17, 15) is 18.0 Å².